The molecule has 2 heterocycles. The van der Waals surface area contributed by atoms with Crippen molar-refractivity contribution in [3.8, 4) is 0 Å². The number of nitrogens with zero attached hydrogens (tertiary/aromatic N) is 1. The minimum Gasteiger partial charge on any atom is -0.467 e. The first-order chi connectivity index (χ1) is 10.9. The van der Waals surface area contributed by atoms with Crippen LogP contribution >= 0.6 is 0 Å². The number of furan rings is 1. The van der Waals surface area contributed by atoms with Crippen molar-refractivity contribution in [1.29, 1.82) is 0 Å². The lowest BCUT2D eigenvalue weighted by atomic mass is 10.2. The number of aryl methyl sites for hydroxylation is 2. The van der Waals surface area contributed by atoms with Gasteiger partial charge < -0.3 is 15.1 Å². The molecule has 7 heteroatoms. The summed E-state index contributed by atoms with van der Waals surface area (Å²) in [5.41, 5.74) is 1.81. The first-order valence-corrected chi connectivity index (χ1v) is 7.27. The number of carbonyl (C=O) groups is 2. The summed E-state index contributed by atoms with van der Waals surface area (Å²) >= 11 is 0. The van der Waals surface area contributed by atoms with E-state index < -0.39 is 12.1 Å². The number of carbonyl (C=O) groups excluding carboxylic acids is 2. The van der Waals surface area contributed by atoms with Crippen molar-refractivity contribution in [3.05, 3.63) is 47.5 Å². The lowest BCUT2D eigenvalue weighted by Crippen LogP contribution is -2.46. The third kappa shape index (κ3) is 5.14. The highest BCUT2D eigenvalue weighted by molar-refractivity contribution is 5.92. The van der Waals surface area contributed by atoms with Crippen LogP contribution in [0.25, 0.3) is 0 Å². The van der Waals surface area contributed by atoms with Crippen LogP contribution in [0.5, 0.6) is 0 Å². The smallest absolute Gasteiger partial charge is 0.321 e. The van der Waals surface area contributed by atoms with Crippen molar-refractivity contribution in [2.24, 2.45) is 0 Å². The fourth-order valence-corrected chi connectivity index (χ4v) is 2.06. The molecule has 0 saturated heterocycles. The second kappa shape index (κ2) is 7.44. The summed E-state index contributed by atoms with van der Waals surface area (Å²) in [5.74, 6) is 0.794. The third-order valence-electron chi connectivity index (χ3n) is 3.10. The Morgan fingerprint density at radius 3 is 2.74 bits per heavy atom. The fourth-order valence-electron chi connectivity index (χ4n) is 2.06. The van der Waals surface area contributed by atoms with Gasteiger partial charge in [-0.25, -0.2) is 9.78 Å². The molecule has 0 fully saturated rings. The zero-order valence-electron chi connectivity index (χ0n) is 13.3. The molecule has 23 heavy (non-hydrogen) atoms. The number of hydrogen-bond donors (Lipinski definition) is 3. The van der Waals surface area contributed by atoms with Gasteiger partial charge in [-0.05, 0) is 50.6 Å². The zero-order chi connectivity index (χ0) is 16.8. The van der Waals surface area contributed by atoms with Crippen LogP contribution in [0, 0.1) is 13.8 Å². The second-order valence-corrected chi connectivity index (χ2v) is 5.29. The molecule has 0 saturated carbocycles. The van der Waals surface area contributed by atoms with Crippen LogP contribution in [0.15, 0.2) is 34.9 Å². The van der Waals surface area contributed by atoms with Gasteiger partial charge in [0.15, 0.2) is 0 Å². The molecule has 0 aromatic carbocycles. The Kier molecular flexibility index (Phi) is 5.35. The van der Waals surface area contributed by atoms with Crippen LogP contribution in [0.1, 0.15) is 23.9 Å². The van der Waals surface area contributed by atoms with Gasteiger partial charge in [0, 0.05) is 5.69 Å². The van der Waals surface area contributed by atoms with Crippen LogP contribution < -0.4 is 16.0 Å². The van der Waals surface area contributed by atoms with Gasteiger partial charge in [0.2, 0.25) is 5.91 Å². The Bertz CT molecular complexity index is 662. The number of rotatable bonds is 5. The lowest BCUT2D eigenvalue weighted by Gasteiger charge is -2.14. The minimum atomic E-state index is -0.684. The molecule has 0 spiro atoms. The van der Waals surface area contributed by atoms with Crippen molar-refractivity contribution in [2.75, 3.05) is 5.32 Å². The maximum Gasteiger partial charge on any atom is 0.321 e. The SMILES string of the molecule is Cc1cc(C)nc(NC(=O)N[C@@H](C)C(=O)NCc2ccco2)c1. The van der Waals surface area contributed by atoms with Crippen molar-refractivity contribution in [2.45, 2.75) is 33.4 Å². The summed E-state index contributed by atoms with van der Waals surface area (Å²) in [6.07, 6.45) is 1.54. The van der Waals surface area contributed by atoms with E-state index in [0.29, 0.717) is 11.6 Å². The molecule has 2 rings (SSSR count). The zero-order valence-corrected chi connectivity index (χ0v) is 13.3. The Morgan fingerprint density at radius 1 is 1.30 bits per heavy atom. The highest BCUT2D eigenvalue weighted by Crippen LogP contribution is 2.08. The van der Waals surface area contributed by atoms with E-state index in [-0.39, 0.29) is 12.5 Å². The molecule has 2 aromatic rings. The van der Waals surface area contributed by atoms with Gasteiger partial charge in [0.25, 0.3) is 0 Å². The number of anilines is 1. The van der Waals surface area contributed by atoms with Gasteiger partial charge in [-0.15, -0.1) is 0 Å². The number of urea groups is 1. The summed E-state index contributed by atoms with van der Waals surface area (Å²) in [5, 5.41) is 7.87. The van der Waals surface area contributed by atoms with E-state index in [1.54, 1.807) is 25.1 Å². The first kappa shape index (κ1) is 16.5. The molecule has 0 bridgehead atoms. The standard InChI is InChI=1S/C16H20N4O3/c1-10-7-11(2)18-14(8-10)20-16(22)19-12(3)15(21)17-9-13-5-4-6-23-13/h4-8,12H,9H2,1-3H3,(H,17,21)(H2,18,19,20,22)/t12-/m0/s1. The van der Waals surface area contributed by atoms with E-state index in [9.17, 15) is 9.59 Å². The van der Waals surface area contributed by atoms with Crippen molar-refractivity contribution in [1.82, 2.24) is 15.6 Å². The third-order valence-corrected chi connectivity index (χ3v) is 3.10. The minimum absolute atomic E-state index is 0.276. The fraction of sp³-hybridized carbons (Fsp3) is 0.312. The van der Waals surface area contributed by atoms with Gasteiger partial charge in [-0.3, -0.25) is 10.1 Å². The number of amides is 3. The molecule has 2 aromatic heterocycles. The predicted molar refractivity (Wildman–Crippen MR) is 85.9 cm³/mol. The van der Waals surface area contributed by atoms with E-state index in [0.717, 1.165) is 11.3 Å². The molecule has 0 radical (unpaired) electrons. The molecule has 0 aliphatic heterocycles. The maximum atomic E-state index is 11.9. The topological polar surface area (TPSA) is 96.3 Å². The predicted octanol–water partition coefficient (Wildman–Crippen LogP) is 2.12. The van der Waals surface area contributed by atoms with Gasteiger partial charge >= 0.3 is 6.03 Å². The van der Waals surface area contributed by atoms with Gasteiger partial charge in [-0.1, -0.05) is 0 Å². The summed E-state index contributed by atoms with van der Waals surface area (Å²) in [7, 11) is 0. The number of hydrogen-bond acceptors (Lipinski definition) is 4. The average molecular weight is 316 g/mol. The van der Waals surface area contributed by atoms with Crippen LogP contribution in [-0.4, -0.2) is 23.0 Å². The normalized spacial score (nSPS) is 11.6. The monoisotopic (exact) mass is 316 g/mol. The summed E-state index contributed by atoms with van der Waals surface area (Å²) in [4.78, 5) is 28.1. The summed E-state index contributed by atoms with van der Waals surface area (Å²) < 4.78 is 5.12. The highest BCUT2D eigenvalue weighted by Gasteiger charge is 2.16. The average Bonchev–Trinajstić information content (AvgIpc) is 2.96. The Hall–Kier alpha value is -2.83. The Morgan fingerprint density at radius 2 is 2.09 bits per heavy atom. The lowest BCUT2D eigenvalue weighted by molar-refractivity contribution is -0.122. The molecular formula is C16H20N4O3. The molecule has 3 N–H and O–H groups in total. The summed E-state index contributed by atoms with van der Waals surface area (Å²) in [6, 6.07) is 6.01. The van der Waals surface area contributed by atoms with Gasteiger partial charge in [0.05, 0.1) is 12.8 Å². The second-order valence-electron chi connectivity index (χ2n) is 5.29. The molecule has 1 atom stereocenters. The van der Waals surface area contributed by atoms with Gasteiger partial charge in [-0.2, -0.15) is 0 Å². The van der Waals surface area contributed by atoms with Crippen molar-refractivity contribution >= 4 is 17.8 Å². The van der Waals surface area contributed by atoms with E-state index in [1.807, 2.05) is 19.9 Å². The maximum absolute atomic E-state index is 11.9. The van der Waals surface area contributed by atoms with E-state index in [2.05, 4.69) is 20.9 Å². The van der Waals surface area contributed by atoms with E-state index in [1.165, 1.54) is 6.26 Å². The molecule has 7 nitrogen and oxygen atoms in total. The van der Waals surface area contributed by atoms with Crippen molar-refractivity contribution in [3.63, 3.8) is 0 Å². The number of pyridine rings is 1. The first-order valence-electron chi connectivity index (χ1n) is 7.27. The van der Waals surface area contributed by atoms with E-state index >= 15 is 0 Å². The quantitative estimate of drug-likeness (QED) is 0.787. The van der Waals surface area contributed by atoms with Gasteiger partial charge in [0.1, 0.15) is 17.6 Å². The molecule has 0 aliphatic carbocycles. The summed E-state index contributed by atoms with van der Waals surface area (Å²) in [6.45, 7) is 5.65. The van der Waals surface area contributed by atoms with E-state index in [4.69, 9.17) is 4.42 Å². The molecule has 0 unspecified atom stereocenters. The Balaban J connectivity index is 1.82. The number of aromatic nitrogens is 1. The van der Waals surface area contributed by atoms with Crippen molar-refractivity contribution < 1.29 is 14.0 Å². The molecular weight excluding hydrogens is 296 g/mol. The highest BCUT2D eigenvalue weighted by atomic mass is 16.3. The van der Waals surface area contributed by atoms with Crippen LogP contribution in [0.2, 0.25) is 0 Å². The van der Waals surface area contributed by atoms with Crippen LogP contribution in [0.4, 0.5) is 10.6 Å². The van der Waals surface area contributed by atoms with Crippen LogP contribution in [0.3, 0.4) is 0 Å². The van der Waals surface area contributed by atoms with Crippen LogP contribution in [-0.2, 0) is 11.3 Å². The molecule has 3 amide bonds. The number of nitrogens with one attached hydrogen (secondary N) is 3. The largest absolute Gasteiger partial charge is 0.467 e. The molecule has 0 aliphatic rings. The molecule has 122 valence electrons. The Labute approximate surface area is 134 Å².